The van der Waals surface area contributed by atoms with E-state index in [0.717, 1.165) is 30.5 Å². The highest BCUT2D eigenvalue weighted by molar-refractivity contribution is 5.83. The number of rotatable bonds is 5. The summed E-state index contributed by atoms with van der Waals surface area (Å²) in [6.07, 6.45) is 3.35. The summed E-state index contributed by atoms with van der Waals surface area (Å²) in [5.41, 5.74) is 1.75. The van der Waals surface area contributed by atoms with Crippen molar-refractivity contribution >= 4 is 17.2 Å². The lowest BCUT2D eigenvalue weighted by Crippen LogP contribution is -2.30. The van der Waals surface area contributed by atoms with Crippen molar-refractivity contribution in [3.05, 3.63) is 70.3 Å². The molecule has 124 valence electrons. The summed E-state index contributed by atoms with van der Waals surface area (Å²) in [7, 11) is 0. The average molecular weight is 324 g/mol. The molecule has 5 nitrogen and oxygen atoms in total. The third-order valence-corrected chi connectivity index (χ3v) is 4.54. The van der Waals surface area contributed by atoms with Gasteiger partial charge in [-0.25, -0.2) is 0 Å². The van der Waals surface area contributed by atoms with Crippen LogP contribution in [0.5, 0.6) is 0 Å². The van der Waals surface area contributed by atoms with Gasteiger partial charge in [-0.3, -0.25) is 14.9 Å². The van der Waals surface area contributed by atoms with Crippen LogP contribution in [0, 0.1) is 16.0 Å². The Labute approximate surface area is 140 Å². The second-order valence-corrected chi connectivity index (χ2v) is 6.16. The van der Waals surface area contributed by atoms with Gasteiger partial charge in [-0.1, -0.05) is 36.8 Å². The number of nitrogens with zero attached hydrogens (tertiary/aromatic N) is 1. The van der Waals surface area contributed by atoms with Crippen molar-refractivity contribution in [2.75, 3.05) is 5.32 Å². The summed E-state index contributed by atoms with van der Waals surface area (Å²) in [6, 6.07) is 16.0. The minimum atomic E-state index is -0.397. The zero-order chi connectivity index (χ0) is 16.9. The van der Waals surface area contributed by atoms with E-state index in [1.165, 1.54) is 6.07 Å². The van der Waals surface area contributed by atoms with Crippen molar-refractivity contribution < 1.29 is 9.72 Å². The van der Waals surface area contributed by atoms with Crippen LogP contribution in [0.15, 0.2) is 54.6 Å². The van der Waals surface area contributed by atoms with Crippen LogP contribution < -0.4 is 5.32 Å². The zero-order valence-corrected chi connectivity index (χ0v) is 13.4. The number of nitro groups is 1. The fraction of sp³-hybridized carbons (Fsp3) is 0.316. The number of benzene rings is 2. The molecule has 2 aromatic carbocycles. The van der Waals surface area contributed by atoms with E-state index in [2.05, 4.69) is 5.32 Å². The Morgan fingerprint density at radius 1 is 1.08 bits per heavy atom. The molecule has 24 heavy (non-hydrogen) atoms. The van der Waals surface area contributed by atoms with E-state index in [1.54, 1.807) is 12.1 Å². The van der Waals surface area contributed by atoms with Crippen molar-refractivity contribution in [1.82, 2.24) is 0 Å². The topological polar surface area (TPSA) is 72.2 Å². The van der Waals surface area contributed by atoms with Crippen LogP contribution in [0.2, 0.25) is 0 Å². The van der Waals surface area contributed by atoms with E-state index in [4.69, 9.17) is 0 Å². The molecule has 0 radical (unpaired) electrons. The second kappa shape index (κ2) is 7.25. The summed E-state index contributed by atoms with van der Waals surface area (Å²) in [5, 5.41) is 14.5. The quantitative estimate of drug-likeness (QED) is 0.649. The van der Waals surface area contributed by atoms with Gasteiger partial charge in [0.15, 0.2) is 0 Å². The Balaban J connectivity index is 1.96. The van der Waals surface area contributed by atoms with Crippen LogP contribution in [0.25, 0.3) is 0 Å². The number of para-hydroxylation sites is 1. The number of hydrogen-bond acceptors (Lipinski definition) is 4. The zero-order valence-electron chi connectivity index (χ0n) is 13.4. The molecule has 1 N–H and O–H groups in total. The number of carbonyl (C=O) groups is 1. The monoisotopic (exact) mass is 324 g/mol. The highest BCUT2D eigenvalue weighted by Gasteiger charge is 2.32. The molecule has 2 atom stereocenters. The molecule has 0 amide bonds. The molecule has 0 saturated heterocycles. The third-order valence-electron chi connectivity index (χ3n) is 4.54. The number of hydrogen-bond donors (Lipinski definition) is 1. The minimum absolute atomic E-state index is 0.0515. The first-order valence-electron chi connectivity index (χ1n) is 8.24. The summed E-state index contributed by atoms with van der Waals surface area (Å²) in [6.45, 7) is 0. The smallest absolute Gasteiger partial charge is 0.269 e. The van der Waals surface area contributed by atoms with Gasteiger partial charge in [-0.05, 0) is 30.5 Å². The van der Waals surface area contributed by atoms with Gasteiger partial charge in [0.2, 0.25) is 0 Å². The lowest BCUT2D eigenvalue weighted by atomic mass is 9.80. The molecule has 2 aromatic rings. The van der Waals surface area contributed by atoms with Gasteiger partial charge >= 0.3 is 0 Å². The first-order valence-corrected chi connectivity index (χ1v) is 8.24. The third kappa shape index (κ3) is 3.62. The Bertz CT molecular complexity index is 730. The van der Waals surface area contributed by atoms with Gasteiger partial charge in [-0.2, -0.15) is 0 Å². The maximum Gasteiger partial charge on any atom is 0.269 e. The second-order valence-electron chi connectivity index (χ2n) is 6.16. The maximum atomic E-state index is 12.4. The summed E-state index contributed by atoms with van der Waals surface area (Å²) >= 11 is 0. The number of Topliss-reactive ketones (excluding diaryl/α,β-unsaturated/α-hetero) is 1. The highest BCUT2D eigenvalue weighted by atomic mass is 16.6. The fourth-order valence-electron chi connectivity index (χ4n) is 3.32. The SMILES string of the molecule is O=C1CCCCC1C(Nc1ccccc1)c1cccc([N+](=O)[O-])c1. The van der Waals surface area contributed by atoms with Crippen LogP contribution in [0.1, 0.15) is 37.3 Å². The van der Waals surface area contributed by atoms with Gasteiger partial charge < -0.3 is 5.32 Å². The molecular formula is C19H20N2O3. The van der Waals surface area contributed by atoms with E-state index < -0.39 is 4.92 Å². The van der Waals surface area contributed by atoms with E-state index in [9.17, 15) is 14.9 Å². The number of nitro benzene ring substituents is 1. The standard InChI is InChI=1S/C19H20N2O3/c22-18-12-5-4-11-17(18)19(20-15-8-2-1-3-9-15)14-7-6-10-16(13-14)21(23)24/h1-3,6-10,13,17,19-20H,4-5,11-12H2. The first-order chi connectivity index (χ1) is 11.6. The first kappa shape index (κ1) is 16.2. The minimum Gasteiger partial charge on any atom is -0.378 e. The largest absolute Gasteiger partial charge is 0.378 e. The molecule has 3 rings (SSSR count). The predicted molar refractivity (Wildman–Crippen MR) is 92.9 cm³/mol. The van der Waals surface area contributed by atoms with Crippen LogP contribution in [-0.2, 0) is 4.79 Å². The average Bonchev–Trinajstić information content (AvgIpc) is 2.61. The predicted octanol–water partition coefficient (Wildman–Crippen LogP) is 4.51. The lowest BCUT2D eigenvalue weighted by Gasteiger charge is -2.31. The highest BCUT2D eigenvalue weighted by Crippen LogP contribution is 2.35. The molecule has 5 heteroatoms. The van der Waals surface area contributed by atoms with Crippen molar-refractivity contribution in [1.29, 1.82) is 0 Å². The van der Waals surface area contributed by atoms with Crippen LogP contribution in [0.3, 0.4) is 0 Å². The summed E-state index contributed by atoms with van der Waals surface area (Å²) in [5.74, 6) is 0.0853. The maximum absolute atomic E-state index is 12.4. The molecule has 0 aromatic heterocycles. The number of non-ortho nitro benzene ring substituents is 1. The Hall–Kier alpha value is -2.69. The Kier molecular flexibility index (Phi) is 4.89. The molecule has 1 aliphatic rings. The molecule has 1 fully saturated rings. The number of ketones is 1. The van der Waals surface area contributed by atoms with Crippen molar-refractivity contribution in [3.63, 3.8) is 0 Å². The van der Waals surface area contributed by atoms with E-state index in [0.29, 0.717) is 6.42 Å². The van der Waals surface area contributed by atoms with Crippen molar-refractivity contribution in [2.45, 2.75) is 31.7 Å². The van der Waals surface area contributed by atoms with Gasteiger partial charge in [-0.15, -0.1) is 0 Å². The molecule has 0 bridgehead atoms. The lowest BCUT2D eigenvalue weighted by molar-refractivity contribution is -0.384. The van der Waals surface area contributed by atoms with Crippen LogP contribution >= 0.6 is 0 Å². The number of carbonyl (C=O) groups excluding carboxylic acids is 1. The van der Waals surface area contributed by atoms with Gasteiger partial charge in [0.05, 0.1) is 11.0 Å². The van der Waals surface area contributed by atoms with Gasteiger partial charge in [0.1, 0.15) is 5.78 Å². The Morgan fingerprint density at radius 2 is 1.88 bits per heavy atom. The number of anilines is 1. The van der Waals surface area contributed by atoms with Gasteiger partial charge in [0, 0.05) is 30.2 Å². The fourth-order valence-corrected chi connectivity index (χ4v) is 3.32. The Morgan fingerprint density at radius 3 is 2.58 bits per heavy atom. The van der Waals surface area contributed by atoms with Gasteiger partial charge in [0.25, 0.3) is 5.69 Å². The number of nitrogens with one attached hydrogen (secondary N) is 1. The molecular weight excluding hydrogens is 304 g/mol. The van der Waals surface area contributed by atoms with Crippen LogP contribution in [-0.4, -0.2) is 10.7 Å². The molecule has 0 heterocycles. The van der Waals surface area contributed by atoms with E-state index in [1.807, 2.05) is 36.4 Å². The summed E-state index contributed by atoms with van der Waals surface area (Å²) < 4.78 is 0. The molecule has 0 aliphatic heterocycles. The summed E-state index contributed by atoms with van der Waals surface area (Å²) in [4.78, 5) is 23.1. The normalized spacial score (nSPS) is 18.8. The van der Waals surface area contributed by atoms with Crippen LogP contribution in [0.4, 0.5) is 11.4 Å². The van der Waals surface area contributed by atoms with E-state index in [-0.39, 0.29) is 23.4 Å². The molecule has 2 unspecified atom stereocenters. The van der Waals surface area contributed by atoms with E-state index >= 15 is 0 Å². The molecule has 1 aliphatic carbocycles. The van der Waals surface area contributed by atoms with Crippen molar-refractivity contribution in [3.8, 4) is 0 Å². The molecule has 0 spiro atoms. The molecule has 1 saturated carbocycles. The van der Waals surface area contributed by atoms with Crippen molar-refractivity contribution in [2.24, 2.45) is 5.92 Å².